The summed E-state index contributed by atoms with van der Waals surface area (Å²) in [4.78, 5) is 35.7. The molecule has 1 atom stereocenters. The Labute approximate surface area is 190 Å². The monoisotopic (exact) mass is 470 g/mol. The quantitative estimate of drug-likeness (QED) is 0.338. The minimum atomic E-state index is -0.425. The van der Waals surface area contributed by atoms with Gasteiger partial charge < -0.3 is 10.1 Å². The van der Waals surface area contributed by atoms with E-state index >= 15 is 0 Å². The zero-order valence-electron chi connectivity index (χ0n) is 16.9. The third-order valence-corrected chi connectivity index (χ3v) is 7.24. The number of hydrogen-bond donors (Lipinski definition) is 1. The Kier molecular flexibility index (Phi) is 5.90. The van der Waals surface area contributed by atoms with Crippen molar-refractivity contribution in [2.75, 3.05) is 17.7 Å². The number of ether oxygens (including phenoxy) is 1. The highest BCUT2D eigenvalue weighted by atomic mass is 32.2. The number of aromatic nitrogens is 3. The molecule has 0 aliphatic carbocycles. The van der Waals surface area contributed by atoms with E-state index in [0.717, 1.165) is 23.1 Å². The van der Waals surface area contributed by atoms with Crippen molar-refractivity contribution in [2.24, 2.45) is 0 Å². The van der Waals surface area contributed by atoms with Gasteiger partial charge in [-0.15, -0.1) is 11.3 Å². The summed E-state index contributed by atoms with van der Waals surface area (Å²) >= 11 is 2.50. The standard InChI is InChI=1S/C22H19FN4O3S2/c23-13-4-1-5-14(10-13)25-17(28)12-31-22-26-18-16-7-2-8-24-20(16)32-19(18)21(29)27(22)11-15-6-3-9-30-15/h1-2,4-5,7-8,10,15H,3,6,9,11-12H2,(H,25,28)/t15-/m0/s1. The lowest BCUT2D eigenvalue weighted by Gasteiger charge is -2.15. The number of nitrogens with one attached hydrogen (secondary N) is 1. The Balaban J connectivity index is 1.47. The summed E-state index contributed by atoms with van der Waals surface area (Å²) in [6.07, 6.45) is 3.47. The number of hydrogen-bond acceptors (Lipinski definition) is 7. The van der Waals surface area contributed by atoms with E-state index in [9.17, 15) is 14.0 Å². The van der Waals surface area contributed by atoms with Crippen molar-refractivity contribution < 1.29 is 13.9 Å². The molecule has 0 radical (unpaired) electrons. The second-order valence-electron chi connectivity index (χ2n) is 7.43. The normalized spacial score (nSPS) is 16.1. The molecule has 1 amide bonds. The summed E-state index contributed by atoms with van der Waals surface area (Å²) in [7, 11) is 0. The largest absolute Gasteiger partial charge is 0.376 e. The Morgan fingerprint density at radius 2 is 2.25 bits per heavy atom. The number of amides is 1. The molecular weight excluding hydrogens is 451 g/mol. The summed E-state index contributed by atoms with van der Waals surface area (Å²) in [6, 6.07) is 9.42. The van der Waals surface area contributed by atoms with Crippen LogP contribution in [0.1, 0.15) is 12.8 Å². The molecule has 1 fully saturated rings. The molecule has 164 valence electrons. The number of fused-ring (bicyclic) bond motifs is 3. The van der Waals surface area contributed by atoms with Crippen LogP contribution in [0.2, 0.25) is 0 Å². The summed E-state index contributed by atoms with van der Waals surface area (Å²) < 4.78 is 21.3. The fourth-order valence-electron chi connectivity index (χ4n) is 3.70. The van der Waals surface area contributed by atoms with Gasteiger partial charge in [0.2, 0.25) is 5.91 Å². The van der Waals surface area contributed by atoms with Gasteiger partial charge in [0.15, 0.2) is 5.16 Å². The van der Waals surface area contributed by atoms with Crippen molar-refractivity contribution in [3.05, 3.63) is 58.8 Å². The van der Waals surface area contributed by atoms with Gasteiger partial charge in [-0.05, 0) is 43.2 Å². The Morgan fingerprint density at radius 3 is 3.06 bits per heavy atom. The molecule has 0 unspecified atom stereocenters. The number of benzene rings is 1. The van der Waals surface area contributed by atoms with Crippen molar-refractivity contribution >= 4 is 55.1 Å². The van der Waals surface area contributed by atoms with E-state index in [-0.39, 0.29) is 23.3 Å². The van der Waals surface area contributed by atoms with Crippen LogP contribution in [0.25, 0.3) is 20.4 Å². The van der Waals surface area contributed by atoms with Crippen molar-refractivity contribution in [1.29, 1.82) is 0 Å². The summed E-state index contributed by atoms with van der Waals surface area (Å²) in [5.74, 6) is -0.707. The van der Waals surface area contributed by atoms with E-state index in [1.165, 1.54) is 41.3 Å². The van der Waals surface area contributed by atoms with Crippen LogP contribution >= 0.6 is 23.1 Å². The lowest BCUT2D eigenvalue weighted by molar-refractivity contribution is -0.113. The molecule has 32 heavy (non-hydrogen) atoms. The van der Waals surface area contributed by atoms with Crippen LogP contribution in [-0.2, 0) is 16.1 Å². The van der Waals surface area contributed by atoms with E-state index in [1.54, 1.807) is 16.8 Å². The number of carbonyl (C=O) groups excluding carboxylic acids is 1. The minimum Gasteiger partial charge on any atom is -0.376 e. The molecule has 1 aromatic carbocycles. The molecule has 1 N–H and O–H groups in total. The number of halogens is 1. The van der Waals surface area contributed by atoms with Gasteiger partial charge in [0.1, 0.15) is 15.3 Å². The lowest BCUT2D eigenvalue weighted by atomic mass is 10.2. The Morgan fingerprint density at radius 1 is 1.34 bits per heavy atom. The molecule has 1 aliphatic heterocycles. The van der Waals surface area contributed by atoms with Crippen molar-refractivity contribution in [3.63, 3.8) is 0 Å². The van der Waals surface area contributed by atoms with Gasteiger partial charge in [0.05, 0.1) is 23.9 Å². The predicted molar refractivity (Wildman–Crippen MR) is 124 cm³/mol. The maximum Gasteiger partial charge on any atom is 0.272 e. The topological polar surface area (TPSA) is 86.1 Å². The predicted octanol–water partition coefficient (Wildman–Crippen LogP) is 4.06. The first-order valence-corrected chi connectivity index (χ1v) is 12.0. The first-order valence-electron chi connectivity index (χ1n) is 10.2. The van der Waals surface area contributed by atoms with E-state index < -0.39 is 5.82 Å². The molecular formula is C22H19FN4O3S2. The number of anilines is 1. The highest BCUT2D eigenvalue weighted by Gasteiger charge is 2.22. The fourth-order valence-corrected chi connectivity index (χ4v) is 5.53. The van der Waals surface area contributed by atoms with Crippen LogP contribution in [0, 0.1) is 5.82 Å². The maximum absolute atomic E-state index is 13.4. The molecule has 4 aromatic rings. The molecule has 0 bridgehead atoms. The summed E-state index contributed by atoms with van der Waals surface area (Å²) in [6.45, 7) is 1.07. The second kappa shape index (κ2) is 8.97. The Bertz CT molecular complexity index is 1360. The van der Waals surface area contributed by atoms with Crippen LogP contribution < -0.4 is 10.9 Å². The van der Waals surface area contributed by atoms with Crippen molar-refractivity contribution in [2.45, 2.75) is 30.6 Å². The first kappa shape index (κ1) is 21.0. The number of thioether (sulfide) groups is 1. The van der Waals surface area contributed by atoms with Gasteiger partial charge >= 0.3 is 0 Å². The summed E-state index contributed by atoms with van der Waals surface area (Å²) in [5.41, 5.74) is 0.826. The average molecular weight is 471 g/mol. The number of pyridine rings is 1. The molecule has 1 saturated heterocycles. The van der Waals surface area contributed by atoms with Gasteiger partial charge in [-0.3, -0.25) is 14.2 Å². The van der Waals surface area contributed by atoms with Crippen LogP contribution in [0.15, 0.2) is 52.5 Å². The highest BCUT2D eigenvalue weighted by molar-refractivity contribution is 7.99. The third-order valence-electron chi connectivity index (χ3n) is 5.17. The maximum atomic E-state index is 13.4. The van der Waals surface area contributed by atoms with Crippen molar-refractivity contribution in [3.8, 4) is 0 Å². The first-order chi connectivity index (χ1) is 15.6. The smallest absolute Gasteiger partial charge is 0.272 e. The molecule has 0 saturated carbocycles. The number of nitrogens with zero attached hydrogens (tertiary/aromatic N) is 3. The SMILES string of the molecule is O=C(CSc1nc2c(sc3ncccc32)c(=O)n1C[C@@H]1CCCO1)Nc1cccc(F)c1. The minimum absolute atomic E-state index is 0.0281. The molecule has 3 aromatic heterocycles. The van der Waals surface area contributed by atoms with Gasteiger partial charge in [-0.2, -0.15) is 0 Å². The number of carbonyl (C=O) groups is 1. The highest BCUT2D eigenvalue weighted by Crippen LogP contribution is 2.31. The molecule has 4 heterocycles. The van der Waals surface area contributed by atoms with Crippen molar-refractivity contribution in [1.82, 2.24) is 14.5 Å². The molecule has 5 rings (SSSR count). The van der Waals surface area contributed by atoms with Gasteiger partial charge in [0, 0.05) is 23.9 Å². The number of thiophene rings is 1. The van der Waals surface area contributed by atoms with Gasteiger partial charge in [-0.1, -0.05) is 17.8 Å². The van der Waals surface area contributed by atoms with E-state index in [2.05, 4.69) is 10.3 Å². The van der Waals surface area contributed by atoms with E-state index in [0.29, 0.717) is 34.2 Å². The zero-order chi connectivity index (χ0) is 22.1. The van der Waals surface area contributed by atoms with Gasteiger partial charge in [-0.25, -0.2) is 14.4 Å². The third kappa shape index (κ3) is 4.25. The second-order valence-corrected chi connectivity index (χ2v) is 9.37. The molecule has 7 nitrogen and oxygen atoms in total. The van der Waals surface area contributed by atoms with Crippen LogP contribution in [-0.4, -0.2) is 38.9 Å². The molecule has 10 heteroatoms. The van der Waals surface area contributed by atoms with E-state index in [4.69, 9.17) is 9.72 Å². The lowest BCUT2D eigenvalue weighted by Crippen LogP contribution is -2.28. The van der Waals surface area contributed by atoms with Gasteiger partial charge in [0.25, 0.3) is 5.56 Å². The van der Waals surface area contributed by atoms with Crippen LogP contribution in [0.3, 0.4) is 0 Å². The molecule has 1 aliphatic rings. The summed E-state index contributed by atoms with van der Waals surface area (Å²) in [5, 5.41) is 3.95. The van der Waals surface area contributed by atoms with E-state index in [1.807, 2.05) is 12.1 Å². The molecule has 0 spiro atoms. The average Bonchev–Trinajstić information content (AvgIpc) is 3.42. The Hall–Kier alpha value is -2.82. The van der Waals surface area contributed by atoms with Crippen LogP contribution in [0.5, 0.6) is 0 Å². The van der Waals surface area contributed by atoms with Crippen LogP contribution in [0.4, 0.5) is 10.1 Å². The number of rotatable bonds is 6. The fraction of sp³-hybridized carbons (Fsp3) is 0.273. The zero-order valence-corrected chi connectivity index (χ0v) is 18.5.